The molecule has 1 aliphatic carbocycles. The van der Waals surface area contributed by atoms with Crippen molar-refractivity contribution < 1.29 is 13.6 Å². The average molecular weight is 253 g/mol. The van der Waals surface area contributed by atoms with Crippen molar-refractivity contribution in [3.05, 3.63) is 29.8 Å². The van der Waals surface area contributed by atoms with Crippen molar-refractivity contribution in [2.75, 3.05) is 11.4 Å². The first-order valence-electron chi connectivity index (χ1n) is 6.40. The van der Waals surface area contributed by atoms with E-state index in [-0.39, 0.29) is 11.8 Å². The first kappa shape index (κ1) is 13.0. The van der Waals surface area contributed by atoms with Crippen LogP contribution < -0.4 is 4.90 Å². The van der Waals surface area contributed by atoms with E-state index >= 15 is 0 Å². The quantitative estimate of drug-likeness (QED) is 0.807. The van der Waals surface area contributed by atoms with Crippen LogP contribution in [0.1, 0.15) is 32.6 Å². The molecule has 4 heteroatoms. The van der Waals surface area contributed by atoms with Gasteiger partial charge < -0.3 is 4.90 Å². The maximum atomic E-state index is 13.2. The van der Waals surface area contributed by atoms with Gasteiger partial charge in [-0.2, -0.15) is 0 Å². The summed E-state index contributed by atoms with van der Waals surface area (Å²) < 4.78 is 26.1. The lowest BCUT2D eigenvalue weighted by Crippen LogP contribution is -2.35. The largest absolute Gasteiger partial charge is 0.312 e. The molecule has 0 spiro atoms. The van der Waals surface area contributed by atoms with Gasteiger partial charge in [0.25, 0.3) is 0 Å². The Bertz CT molecular complexity index is 441. The standard InChI is InChI=1S/C14H17F2NO/c1-2-17(14(18)10-5-3-4-6-10)11-7-8-12(15)13(16)9-11/h7-10H,2-6H2,1H3. The number of rotatable bonds is 3. The normalized spacial score (nSPS) is 15.9. The molecule has 1 aliphatic rings. The monoisotopic (exact) mass is 253 g/mol. The van der Waals surface area contributed by atoms with Crippen molar-refractivity contribution in [3.8, 4) is 0 Å². The maximum Gasteiger partial charge on any atom is 0.230 e. The zero-order valence-corrected chi connectivity index (χ0v) is 10.5. The average Bonchev–Trinajstić information content (AvgIpc) is 2.88. The molecule has 0 atom stereocenters. The zero-order chi connectivity index (χ0) is 13.1. The molecule has 18 heavy (non-hydrogen) atoms. The van der Waals surface area contributed by atoms with Crippen LogP contribution in [-0.2, 0) is 4.79 Å². The summed E-state index contributed by atoms with van der Waals surface area (Å²) in [5.41, 5.74) is 0.438. The van der Waals surface area contributed by atoms with E-state index in [0.29, 0.717) is 12.2 Å². The number of benzene rings is 1. The van der Waals surface area contributed by atoms with Crippen molar-refractivity contribution in [2.45, 2.75) is 32.6 Å². The Balaban J connectivity index is 2.21. The molecule has 2 rings (SSSR count). The van der Waals surface area contributed by atoms with Crippen LogP contribution in [0.2, 0.25) is 0 Å². The van der Waals surface area contributed by atoms with Gasteiger partial charge in [-0.3, -0.25) is 4.79 Å². The summed E-state index contributed by atoms with van der Waals surface area (Å²) >= 11 is 0. The predicted octanol–water partition coefficient (Wildman–Crippen LogP) is 3.51. The summed E-state index contributed by atoms with van der Waals surface area (Å²) in [6, 6.07) is 3.61. The minimum atomic E-state index is -0.912. The van der Waals surface area contributed by atoms with Gasteiger partial charge in [-0.25, -0.2) is 8.78 Å². The van der Waals surface area contributed by atoms with Crippen LogP contribution in [0.25, 0.3) is 0 Å². The molecule has 98 valence electrons. The molecule has 0 saturated heterocycles. The summed E-state index contributed by atoms with van der Waals surface area (Å²) in [4.78, 5) is 13.8. The van der Waals surface area contributed by atoms with Crippen molar-refractivity contribution in [3.63, 3.8) is 0 Å². The topological polar surface area (TPSA) is 20.3 Å². The Hall–Kier alpha value is -1.45. The van der Waals surface area contributed by atoms with E-state index in [9.17, 15) is 13.6 Å². The van der Waals surface area contributed by atoms with E-state index in [1.807, 2.05) is 6.92 Å². The number of carbonyl (C=O) groups excluding carboxylic acids is 1. The van der Waals surface area contributed by atoms with Crippen molar-refractivity contribution in [1.82, 2.24) is 0 Å². The van der Waals surface area contributed by atoms with E-state index in [0.717, 1.165) is 37.8 Å². The van der Waals surface area contributed by atoms with Crippen LogP contribution in [0.15, 0.2) is 18.2 Å². The second kappa shape index (κ2) is 5.46. The molecule has 0 N–H and O–H groups in total. The molecule has 2 nitrogen and oxygen atoms in total. The summed E-state index contributed by atoms with van der Waals surface area (Å²) in [6.07, 6.45) is 3.95. The maximum absolute atomic E-state index is 13.2. The second-order valence-corrected chi connectivity index (χ2v) is 4.66. The molecule has 1 amide bonds. The van der Waals surface area contributed by atoms with Crippen LogP contribution in [0.3, 0.4) is 0 Å². The Morgan fingerprint density at radius 2 is 1.94 bits per heavy atom. The molecular formula is C14H17F2NO. The summed E-state index contributed by atoms with van der Waals surface area (Å²) in [6.45, 7) is 2.31. The predicted molar refractivity (Wildman–Crippen MR) is 66.3 cm³/mol. The second-order valence-electron chi connectivity index (χ2n) is 4.66. The van der Waals surface area contributed by atoms with Gasteiger partial charge in [0.15, 0.2) is 11.6 Å². The molecular weight excluding hydrogens is 236 g/mol. The number of hydrogen-bond acceptors (Lipinski definition) is 1. The molecule has 0 heterocycles. The number of anilines is 1. The highest BCUT2D eigenvalue weighted by atomic mass is 19.2. The minimum absolute atomic E-state index is 0.0287. The lowest BCUT2D eigenvalue weighted by Gasteiger charge is -2.24. The summed E-state index contributed by atoms with van der Waals surface area (Å²) in [7, 11) is 0. The van der Waals surface area contributed by atoms with Crippen LogP contribution >= 0.6 is 0 Å². The molecule has 0 unspecified atom stereocenters. The number of hydrogen-bond donors (Lipinski definition) is 0. The highest BCUT2D eigenvalue weighted by Gasteiger charge is 2.27. The van der Waals surface area contributed by atoms with Gasteiger partial charge >= 0.3 is 0 Å². The molecule has 1 aromatic carbocycles. The van der Waals surface area contributed by atoms with E-state index in [2.05, 4.69) is 0 Å². The molecule has 0 aliphatic heterocycles. The van der Waals surface area contributed by atoms with Gasteiger partial charge in [0.2, 0.25) is 5.91 Å². The Morgan fingerprint density at radius 1 is 1.28 bits per heavy atom. The molecule has 1 aromatic rings. The van der Waals surface area contributed by atoms with E-state index < -0.39 is 11.6 Å². The number of nitrogens with zero attached hydrogens (tertiary/aromatic N) is 1. The van der Waals surface area contributed by atoms with Crippen LogP contribution in [0.5, 0.6) is 0 Å². The van der Waals surface area contributed by atoms with Crippen molar-refractivity contribution in [1.29, 1.82) is 0 Å². The van der Waals surface area contributed by atoms with E-state index in [1.54, 1.807) is 4.90 Å². The fourth-order valence-electron chi connectivity index (χ4n) is 2.51. The molecule has 1 fully saturated rings. The van der Waals surface area contributed by atoms with E-state index in [4.69, 9.17) is 0 Å². The highest BCUT2D eigenvalue weighted by Crippen LogP contribution is 2.29. The Morgan fingerprint density at radius 3 is 2.50 bits per heavy atom. The minimum Gasteiger partial charge on any atom is -0.312 e. The number of carbonyl (C=O) groups is 1. The Labute approximate surface area is 106 Å². The highest BCUT2D eigenvalue weighted by molar-refractivity contribution is 5.95. The lowest BCUT2D eigenvalue weighted by atomic mass is 10.1. The summed E-state index contributed by atoms with van der Waals surface area (Å²) in [5.74, 6) is -1.73. The van der Waals surface area contributed by atoms with Gasteiger partial charge in [0.05, 0.1) is 0 Å². The third kappa shape index (κ3) is 2.52. The van der Waals surface area contributed by atoms with Crippen molar-refractivity contribution in [2.24, 2.45) is 5.92 Å². The smallest absolute Gasteiger partial charge is 0.230 e. The Kier molecular flexibility index (Phi) is 3.94. The fourth-order valence-corrected chi connectivity index (χ4v) is 2.51. The zero-order valence-electron chi connectivity index (χ0n) is 10.5. The first-order valence-corrected chi connectivity index (χ1v) is 6.40. The van der Waals surface area contributed by atoms with Gasteiger partial charge in [-0.1, -0.05) is 12.8 Å². The van der Waals surface area contributed by atoms with Crippen LogP contribution in [0, 0.1) is 17.6 Å². The molecule has 0 bridgehead atoms. The fraction of sp³-hybridized carbons (Fsp3) is 0.500. The lowest BCUT2D eigenvalue weighted by molar-refractivity contribution is -0.122. The van der Waals surface area contributed by atoms with Gasteiger partial charge in [-0.15, -0.1) is 0 Å². The third-order valence-electron chi connectivity index (χ3n) is 3.50. The van der Waals surface area contributed by atoms with Gasteiger partial charge in [0.1, 0.15) is 0 Å². The summed E-state index contributed by atoms with van der Waals surface area (Å²) in [5, 5.41) is 0. The first-order chi connectivity index (χ1) is 8.63. The van der Waals surface area contributed by atoms with Crippen LogP contribution in [0.4, 0.5) is 14.5 Å². The van der Waals surface area contributed by atoms with Gasteiger partial charge in [-0.05, 0) is 31.9 Å². The molecule has 0 aromatic heterocycles. The molecule has 0 radical (unpaired) electrons. The molecule has 1 saturated carbocycles. The van der Waals surface area contributed by atoms with E-state index in [1.165, 1.54) is 6.07 Å². The van der Waals surface area contributed by atoms with Gasteiger partial charge in [0, 0.05) is 24.2 Å². The SMILES string of the molecule is CCN(C(=O)C1CCCC1)c1ccc(F)c(F)c1. The number of amides is 1. The third-order valence-corrected chi connectivity index (χ3v) is 3.50. The van der Waals surface area contributed by atoms with Crippen molar-refractivity contribution >= 4 is 11.6 Å². The number of halogens is 2. The van der Waals surface area contributed by atoms with Crippen LogP contribution in [-0.4, -0.2) is 12.5 Å².